The zero-order chi connectivity index (χ0) is 33.6. The molecule has 0 unspecified atom stereocenters. The van der Waals surface area contributed by atoms with Crippen LogP contribution in [0.2, 0.25) is 5.15 Å². The van der Waals surface area contributed by atoms with E-state index in [0.717, 1.165) is 37.2 Å². The van der Waals surface area contributed by atoms with Crippen molar-refractivity contribution in [2.45, 2.75) is 64.1 Å². The second-order valence-corrected chi connectivity index (χ2v) is 12.7. The van der Waals surface area contributed by atoms with Crippen LogP contribution in [0, 0.1) is 11.2 Å². The van der Waals surface area contributed by atoms with Crippen molar-refractivity contribution in [3.63, 3.8) is 0 Å². The number of aliphatic carboxylic acids is 1. The first-order valence-corrected chi connectivity index (χ1v) is 15.5. The van der Waals surface area contributed by atoms with Gasteiger partial charge in [0.15, 0.2) is 0 Å². The Morgan fingerprint density at radius 1 is 1.19 bits per heavy atom. The van der Waals surface area contributed by atoms with Gasteiger partial charge in [-0.1, -0.05) is 11.6 Å². The second kappa shape index (κ2) is 12.7. The van der Waals surface area contributed by atoms with Crippen molar-refractivity contribution in [3.8, 4) is 11.3 Å². The van der Waals surface area contributed by atoms with Crippen LogP contribution in [-0.2, 0) is 9.53 Å². The number of rotatable bonds is 7. The molecule has 4 aromatic rings. The molecule has 0 radical (unpaired) electrons. The monoisotopic (exact) mass is 671 g/mol. The number of nitrogens with one attached hydrogen (secondary N) is 1. The Labute approximate surface area is 272 Å². The number of carboxylic acids is 1. The standard InChI is InChI=1S/C32H33ClF3N7O4/c1-16-15-47-22(14-42(16)19-5-8-32(2,9-6-19)31(45)46)29-41-25(26-28(37)39-13-23(33)43(26)29)20-4-3-18(11-21(20)34)30(44)40-24-12-17(27(35)36)7-10-38-24/h3-4,7,10-13,16,19,22,27H,5-6,8-9,14-15H2,1-2H3,(H2,37,39)(H,45,46)(H,38,40,44)/t16-,19?,22+,32?/m0/s1. The molecule has 1 amide bonds. The molecule has 0 bridgehead atoms. The molecule has 1 aliphatic heterocycles. The van der Waals surface area contributed by atoms with Crippen molar-refractivity contribution >= 4 is 40.6 Å². The number of amides is 1. The summed E-state index contributed by atoms with van der Waals surface area (Å²) < 4.78 is 49.8. The maximum atomic E-state index is 15.8. The maximum absolute atomic E-state index is 15.8. The molecule has 2 fully saturated rings. The number of benzene rings is 1. The molecule has 2 atom stereocenters. The highest BCUT2D eigenvalue weighted by molar-refractivity contribution is 6.30. The van der Waals surface area contributed by atoms with Crippen molar-refractivity contribution < 1.29 is 32.6 Å². The number of carbonyl (C=O) groups is 2. The van der Waals surface area contributed by atoms with Gasteiger partial charge in [0.1, 0.15) is 45.7 Å². The molecule has 4 heterocycles. The number of fused-ring (bicyclic) bond motifs is 1. The first-order chi connectivity index (χ1) is 22.4. The molecule has 1 aliphatic carbocycles. The number of halogens is 4. The number of anilines is 2. The summed E-state index contributed by atoms with van der Waals surface area (Å²) in [5.41, 5.74) is 5.60. The fourth-order valence-corrected chi connectivity index (χ4v) is 6.67. The van der Waals surface area contributed by atoms with Gasteiger partial charge in [-0.2, -0.15) is 0 Å². The van der Waals surface area contributed by atoms with E-state index in [1.165, 1.54) is 18.3 Å². The molecule has 0 spiro atoms. The smallest absolute Gasteiger partial charge is 0.309 e. The molecule has 6 rings (SSSR count). The quantitative estimate of drug-likeness (QED) is 0.210. The molecule has 3 aromatic heterocycles. The highest BCUT2D eigenvalue weighted by Crippen LogP contribution is 2.41. The van der Waals surface area contributed by atoms with Gasteiger partial charge < -0.3 is 20.9 Å². The minimum Gasteiger partial charge on any atom is -0.481 e. The van der Waals surface area contributed by atoms with Gasteiger partial charge in [-0.25, -0.2) is 28.1 Å². The Bertz CT molecular complexity index is 1850. The Balaban J connectivity index is 1.30. The van der Waals surface area contributed by atoms with E-state index in [1.807, 2.05) is 0 Å². The lowest BCUT2D eigenvalue weighted by molar-refractivity contribution is -0.151. The van der Waals surface area contributed by atoms with Gasteiger partial charge in [0, 0.05) is 41.5 Å². The Morgan fingerprint density at radius 3 is 2.62 bits per heavy atom. The summed E-state index contributed by atoms with van der Waals surface area (Å²) in [6, 6.07) is 6.16. The lowest BCUT2D eigenvalue weighted by atomic mass is 9.73. The third-order valence-corrected chi connectivity index (χ3v) is 9.51. The minimum atomic E-state index is -2.75. The number of aromatic nitrogens is 4. The number of nitrogens with zero attached hydrogens (tertiary/aromatic N) is 5. The number of imidazole rings is 1. The summed E-state index contributed by atoms with van der Waals surface area (Å²) >= 11 is 6.62. The van der Waals surface area contributed by atoms with Crippen LogP contribution in [0.5, 0.6) is 0 Å². The van der Waals surface area contributed by atoms with Crippen molar-refractivity contribution in [1.82, 2.24) is 24.3 Å². The van der Waals surface area contributed by atoms with Gasteiger partial charge in [0.2, 0.25) is 0 Å². The molecule has 2 aliphatic rings. The summed E-state index contributed by atoms with van der Waals surface area (Å²) in [5, 5.41) is 12.3. The first-order valence-electron chi connectivity index (χ1n) is 15.1. The fourth-order valence-electron chi connectivity index (χ4n) is 6.45. The van der Waals surface area contributed by atoms with Crippen LogP contribution in [0.25, 0.3) is 16.8 Å². The number of alkyl halides is 2. The zero-order valence-electron chi connectivity index (χ0n) is 25.6. The summed E-state index contributed by atoms with van der Waals surface area (Å²) in [6.45, 7) is 4.67. The van der Waals surface area contributed by atoms with Gasteiger partial charge >= 0.3 is 5.97 Å². The summed E-state index contributed by atoms with van der Waals surface area (Å²) in [7, 11) is 0. The van der Waals surface area contributed by atoms with E-state index in [9.17, 15) is 23.5 Å². The number of carbonyl (C=O) groups excluding carboxylic acids is 1. The summed E-state index contributed by atoms with van der Waals surface area (Å²) in [5.74, 6) is -1.97. The van der Waals surface area contributed by atoms with E-state index in [1.54, 1.807) is 11.3 Å². The number of ether oxygens (including phenoxy) is 1. The lowest BCUT2D eigenvalue weighted by Gasteiger charge is -2.46. The third-order valence-electron chi connectivity index (χ3n) is 9.25. The van der Waals surface area contributed by atoms with Gasteiger partial charge in [-0.3, -0.25) is 18.9 Å². The number of pyridine rings is 1. The predicted octanol–water partition coefficient (Wildman–Crippen LogP) is 6.15. The van der Waals surface area contributed by atoms with E-state index in [4.69, 9.17) is 27.1 Å². The normalized spacial score (nSPS) is 23.7. The molecular weight excluding hydrogens is 639 g/mol. The Morgan fingerprint density at radius 2 is 1.94 bits per heavy atom. The molecule has 1 saturated heterocycles. The highest BCUT2D eigenvalue weighted by atomic mass is 35.5. The number of hydrogen-bond acceptors (Lipinski definition) is 8. The van der Waals surface area contributed by atoms with E-state index in [0.29, 0.717) is 31.8 Å². The SMILES string of the molecule is C[C@H]1CO[C@@H](c2nc(-c3ccc(C(=O)Nc4cc(C(F)F)ccn4)cc3F)c3c(N)ncc(Cl)n23)CN1C1CCC(C)(C(=O)O)CC1. The lowest BCUT2D eigenvalue weighted by Crippen LogP contribution is -2.52. The molecule has 248 valence electrons. The van der Waals surface area contributed by atoms with Crippen LogP contribution in [-0.4, -0.2) is 66.5 Å². The molecule has 1 aromatic carbocycles. The average molecular weight is 672 g/mol. The zero-order valence-corrected chi connectivity index (χ0v) is 26.3. The van der Waals surface area contributed by atoms with Crippen LogP contribution in [0.4, 0.5) is 24.8 Å². The number of carboxylic acid groups (broad SMARTS) is 1. The predicted molar refractivity (Wildman–Crippen MR) is 168 cm³/mol. The summed E-state index contributed by atoms with van der Waals surface area (Å²) in [6.07, 6.45) is 1.78. The summed E-state index contributed by atoms with van der Waals surface area (Å²) in [4.78, 5) is 39.8. The van der Waals surface area contributed by atoms with Crippen LogP contribution in [0.1, 0.15) is 73.8 Å². The number of nitrogen functional groups attached to an aromatic ring is 1. The van der Waals surface area contributed by atoms with E-state index < -0.39 is 35.6 Å². The molecule has 47 heavy (non-hydrogen) atoms. The number of hydrogen-bond donors (Lipinski definition) is 3. The highest BCUT2D eigenvalue weighted by Gasteiger charge is 2.42. The van der Waals surface area contributed by atoms with Crippen LogP contribution in [0.15, 0.2) is 42.7 Å². The van der Waals surface area contributed by atoms with E-state index >= 15 is 4.39 Å². The first kappa shape index (κ1) is 32.7. The van der Waals surface area contributed by atoms with Crippen molar-refractivity contribution in [1.29, 1.82) is 0 Å². The van der Waals surface area contributed by atoms with Crippen molar-refractivity contribution in [3.05, 3.63) is 70.6 Å². The molecule has 4 N–H and O–H groups in total. The molecule has 15 heteroatoms. The van der Waals surface area contributed by atoms with Gasteiger partial charge in [0.05, 0.1) is 18.2 Å². The topological polar surface area (TPSA) is 148 Å². The fraction of sp³-hybridized carbons (Fsp3) is 0.406. The average Bonchev–Trinajstić information content (AvgIpc) is 3.45. The maximum Gasteiger partial charge on any atom is 0.309 e. The molecular formula is C32H33ClF3N7O4. The van der Waals surface area contributed by atoms with E-state index in [2.05, 4.69) is 27.1 Å². The van der Waals surface area contributed by atoms with Crippen molar-refractivity contribution in [2.24, 2.45) is 5.41 Å². The van der Waals surface area contributed by atoms with Gasteiger partial charge in [-0.05, 0) is 69.9 Å². The van der Waals surface area contributed by atoms with Crippen LogP contribution < -0.4 is 11.1 Å². The number of nitrogens with two attached hydrogens (primary N) is 1. The van der Waals surface area contributed by atoms with E-state index in [-0.39, 0.29) is 56.8 Å². The third kappa shape index (κ3) is 6.24. The Kier molecular flexibility index (Phi) is 8.85. The van der Waals surface area contributed by atoms with Crippen LogP contribution in [0.3, 0.4) is 0 Å². The largest absolute Gasteiger partial charge is 0.481 e. The Hall–Kier alpha value is -4.27. The van der Waals surface area contributed by atoms with Crippen molar-refractivity contribution in [2.75, 3.05) is 24.2 Å². The molecule has 1 saturated carbocycles. The van der Waals surface area contributed by atoms with Crippen LogP contribution >= 0.6 is 11.6 Å². The molecule has 11 nitrogen and oxygen atoms in total. The number of morpholine rings is 1. The second-order valence-electron chi connectivity index (χ2n) is 12.4. The minimum absolute atomic E-state index is 0.0279. The van der Waals surface area contributed by atoms with Gasteiger partial charge in [0.25, 0.3) is 12.3 Å². The van der Waals surface area contributed by atoms with Gasteiger partial charge in [-0.15, -0.1) is 0 Å².